The number of allylic oxidation sites excluding steroid dienone is 3. The molecule has 0 bridgehead atoms. The van der Waals surface area contributed by atoms with Crippen LogP contribution in [-0.2, 0) is 4.79 Å². The molecule has 4 saturated carbocycles. The summed E-state index contributed by atoms with van der Waals surface area (Å²) in [6.45, 7) is 10.3. The van der Waals surface area contributed by atoms with Crippen molar-refractivity contribution in [2.75, 3.05) is 6.54 Å². The van der Waals surface area contributed by atoms with E-state index in [0.717, 1.165) is 56.4 Å². The molecule has 0 aliphatic heterocycles. The van der Waals surface area contributed by atoms with Crippen LogP contribution in [0.2, 0.25) is 0 Å². The van der Waals surface area contributed by atoms with Crippen molar-refractivity contribution in [3.05, 3.63) is 24.3 Å². The van der Waals surface area contributed by atoms with Gasteiger partial charge in [0, 0.05) is 11.8 Å². The molecule has 0 spiro atoms. The van der Waals surface area contributed by atoms with E-state index in [4.69, 9.17) is 5.73 Å². The number of hydrogen-bond acceptors (Lipinski definition) is 2. The summed E-state index contributed by atoms with van der Waals surface area (Å²) in [6.07, 6.45) is 16.6. The Morgan fingerprint density at radius 3 is 2.78 bits per heavy atom. The van der Waals surface area contributed by atoms with Crippen molar-refractivity contribution in [1.82, 2.24) is 0 Å². The first-order valence-corrected chi connectivity index (χ1v) is 11.5. The molecule has 4 rings (SSSR count). The molecule has 4 aliphatic rings. The number of rotatable bonds is 4. The number of carbonyl (C=O) groups is 1. The quantitative estimate of drug-likeness (QED) is 0.512. The van der Waals surface area contributed by atoms with Crippen LogP contribution in [0.4, 0.5) is 0 Å². The lowest BCUT2D eigenvalue weighted by molar-refractivity contribution is -0.134. The summed E-state index contributed by atoms with van der Waals surface area (Å²) in [6, 6.07) is 0. The Morgan fingerprint density at radius 1 is 1.19 bits per heavy atom. The lowest BCUT2D eigenvalue weighted by Gasteiger charge is -2.61. The van der Waals surface area contributed by atoms with Gasteiger partial charge >= 0.3 is 0 Å². The number of fused-ring (bicyclic) bond motifs is 5. The monoisotopic (exact) mass is 369 g/mol. The predicted octanol–water partition coefficient (Wildman–Crippen LogP) is 5.68. The molecule has 2 heteroatoms. The standard InChI is InChI=1S/C25H39NO/c1-17-15-19-16-18(7-5-4-6-14-26)10-12-24(19,2)21-11-13-25(3)20(23(17)21)8-9-22(25)27/h5,7,18-21,23H,1,4,6,8-16,26H2,2-3H3/b7-5-/t18-,19?,20+,21+,23+,24+,25+/m1/s1. The summed E-state index contributed by atoms with van der Waals surface area (Å²) in [4.78, 5) is 12.6. The molecule has 0 saturated heterocycles. The highest BCUT2D eigenvalue weighted by atomic mass is 16.1. The van der Waals surface area contributed by atoms with Crippen LogP contribution >= 0.6 is 0 Å². The molecule has 150 valence electrons. The van der Waals surface area contributed by atoms with Crippen molar-refractivity contribution in [3.63, 3.8) is 0 Å². The van der Waals surface area contributed by atoms with E-state index >= 15 is 0 Å². The summed E-state index contributed by atoms with van der Waals surface area (Å²) in [5.74, 6) is 4.00. The summed E-state index contributed by atoms with van der Waals surface area (Å²) in [5.41, 5.74) is 7.52. The van der Waals surface area contributed by atoms with Crippen molar-refractivity contribution < 1.29 is 4.79 Å². The minimum atomic E-state index is -0.0454. The van der Waals surface area contributed by atoms with Crippen LogP contribution in [-0.4, -0.2) is 12.3 Å². The normalized spacial score (nSPS) is 47.0. The van der Waals surface area contributed by atoms with Gasteiger partial charge in [0.15, 0.2) is 0 Å². The molecule has 2 N–H and O–H groups in total. The van der Waals surface area contributed by atoms with Gasteiger partial charge in [-0.2, -0.15) is 0 Å². The number of ketones is 1. The molecule has 4 fully saturated rings. The second-order valence-corrected chi connectivity index (χ2v) is 10.6. The maximum absolute atomic E-state index is 12.6. The summed E-state index contributed by atoms with van der Waals surface area (Å²) in [5, 5.41) is 0. The molecule has 0 aromatic heterocycles. The Labute approximate surface area is 166 Å². The van der Waals surface area contributed by atoms with E-state index in [0.29, 0.717) is 23.0 Å². The Morgan fingerprint density at radius 2 is 2.00 bits per heavy atom. The number of unbranched alkanes of at least 4 members (excludes halogenated alkanes) is 1. The third-order valence-corrected chi connectivity index (χ3v) is 9.36. The van der Waals surface area contributed by atoms with Gasteiger partial charge in [0.2, 0.25) is 0 Å². The lowest BCUT2D eigenvalue weighted by Crippen LogP contribution is -2.54. The average molecular weight is 370 g/mol. The number of nitrogens with two attached hydrogens (primary N) is 1. The number of carbonyl (C=O) groups excluding carboxylic acids is 1. The number of Topliss-reactive ketones (excluding diaryl/α,β-unsaturated/α-hetero) is 1. The largest absolute Gasteiger partial charge is 0.330 e. The molecule has 4 aliphatic carbocycles. The first kappa shape index (κ1) is 19.4. The average Bonchev–Trinajstić information content (AvgIpc) is 2.95. The Kier molecular flexibility index (Phi) is 5.16. The zero-order chi connectivity index (χ0) is 19.2. The Balaban J connectivity index is 1.51. The van der Waals surface area contributed by atoms with Crippen LogP contribution in [0.25, 0.3) is 0 Å². The van der Waals surface area contributed by atoms with Crippen LogP contribution in [0, 0.1) is 40.4 Å². The van der Waals surface area contributed by atoms with E-state index in [-0.39, 0.29) is 5.41 Å². The van der Waals surface area contributed by atoms with Crippen LogP contribution in [0.5, 0.6) is 0 Å². The molecule has 0 aromatic carbocycles. The highest BCUT2D eigenvalue weighted by Crippen LogP contribution is 2.66. The zero-order valence-corrected chi connectivity index (χ0v) is 17.5. The van der Waals surface area contributed by atoms with Gasteiger partial charge < -0.3 is 5.73 Å². The van der Waals surface area contributed by atoms with Gasteiger partial charge in [-0.05, 0) is 99.3 Å². The third kappa shape index (κ3) is 3.07. The fourth-order valence-corrected chi connectivity index (χ4v) is 7.63. The Hall–Kier alpha value is -0.890. The molecule has 7 atom stereocenters. The molecule has 2 nitrogen and oxygen atoms in total. The highest BCUT2D eigenvalue weighted by Gasteiger charge is 2.61. The SMILES string of the molecule is C=C1CC2C[C@H](/C=C\CCCN)CC[C@]2(C)[C@H]2CC[C@]3(C)C(=O)CC[C@H]3[C@H]12. The van der Waals surface area contributed by atoms with Gasteiger partial charge in [-0.15, -0.1) is 0 Å². The van der Waals surface area contributed by atoms with Crippen molar-refractivity contribution in [3.8, 4) is 0 Å². The molecule has 1 unspecified atom stereocenters. The summed E-state index contributed by atoms with van der Waals surface area (Å²) in [7, 11) is 0. The first-order chi connectivity index (χ1) is 12.9. The molecule has 0 aromatic rings. The highest BCUT2D eigenvalue weighted by molar-refractivity contribution is 5.87. The molecule has 0 radical (unpaired) electrons. The molecule has 0 amide bonds. The first-order valence-electron chi connectivity index (χ1n) is 11.5. The van der Waals surface area contributed by atoms with Crippen molar-refractivity contribution in [2.45, 2.75) is 78.1 Å². The maximum atomic E-state index is 12.6. The second-order valence-electron chi connectivity index (χ2n) is 10.6. The van der Waals surface area contributed by atoms with Crippen LogP contribution in [0.15, 0.2) is 24.3 Å². The zero-order valence-electron chi connectivity index (χ0n) is 17.5. The smallest absolute Gasteiger partial charge is 0.139 e. The van der Waals surface area contributed by atoms with E-state index in [9.17, 15) is 4.79 Å². The van der Waals surface area contributed by atoms with E-state index in [2.05, 4.69) is 32.6 Å². The van der Waals surface area contributed by atoms with Crippen molar-refractivity contribution in [1.29, 1.82) is 0 Å². The molecular weight excluding hydrogens is 330 g/mol. The van der Waals surface area contributed by atoms with Gasteiger partial charge in [-0.25, -0.2) is 0 Å². The Bertz CT molecular complexity index is 636. The van der Waals surface area contributed by atoms with Gasteiger partial charge in [0.1, 0.15) is 5.78 Å². The number of hydrogen-bond donors (Lipinski definition) is 1. The fraction of sp³-hybridized carbons (Fsp3) is 0.800. The van der Waals surface area contributed by atoms with E-state index in [1.54, 1.807) is 0 Å². The fourth-order valence-electron chi connectivity index (χ4n) is 7.63. The van der Waals surface area contributed by atoms with Gasteiger partial charge in [0.25, 0.3) is 0 Å². The second kappa shape index (κ2) is 7.17. The van der Waals surface area contributed by atoms with Gasteiger partial charge in [-0.3, -0.25) is 4.79 Å². The summed E-state index contributed by atoms with van der Waals surface area (Å²) < 4.78 is 0. The van der Waals surface area contributed by atoms with E-state index < -0.39 is 0 Å². The topological polar surface area (TPSA) is 43.1 Å². The molecular formula is C25H39NO. The maximum Gasteiger partial charge on any atom is 0.139 e. The van der Waals surface area contributed by atoms with E-state index in [1.165, 1.54) is 37.7 Å². The molecule has 27 heavy (non-hydrogen) atoms. The minimum Gasteiger partial charge on any atom is -0.330 e. The third-order valence-electron chi connectivity index (χ3n) is 9.36. The van der Waals surface area contributed by atoms with Crippen molar-refractivity contribution in [2.24, 2.45) is 46.2 Å². The van der Waals surface area contributed by atoms with E-state index in [1.807, 2.05) is 0 Å². The van der Waals surface area contributed by atoms with Crippen molar-refractivity contribution >= 4 is 5.78 Å². The lowest BCUT2D eigenvalue weighted by atomic mass is 9.44. The predicted molar refractivity (Wildman–Crippen MR) is 112 cm³/mol. The van der Waals surface area contributed by atoms with Crippen LogP contribution in [0.3, 0.4) is 0 Å². The van der Waals surface area contributed by atoms with Crippen LogP contribution < -0.4 is 5.73 Å². The van der Waals surface area contributed by atoms with Crippen LogP contribution in [0.1, 0.15) is 78.1 Å². The van der Waals surface area contributed by atoms with Gasteiger partial charge in [-0.1, -0.05) is 38.2 Å². The molecule has 0 heterocycles. The minimum absolute atomic E-state index is 0.0454. The van der Waals surface area contributed by atoms with Gasteiger partial charge in [0.05, 0.1) is 0 Å². The summed E-state index contributed by atoms with van der Waals surface area (Å²) >= 11 is 0.